The van der Waals surface area contributed by atoms with Crippen LogP contribution in [0.15, 0.2) is 18.2 Å². The summed E-state index contributed by atoms with van der Waals surface area (Å²) in [5, 5.41) is 2.77. The highest BCUT2D eigenvalue weighted by molar-refractivity contribution is 5.81. The summed E-state index contributed by atoms with van der Waals surface area (Å²) in [4.78, 5) is 12.1. The van der Waals surface area contributed by atoms with Gasteiger partial charge in [-0.25, -0.2) is 0 Å². The van der Waals surface area contributed by atoms with Crippen LogP contribution in [0.5, 0.6) is 11.5 Å². The van der Waals surface area contributed by atoms with Gasteiger partial charge in [0, 0.05) is 13.1 Å². The van der Waals surface area contributed by atoms with Crippen molar-refractivity contribution < 1.29 is 27.8 Å². The van der Waals surface area contributed by atoms with Crippen molar-refractivity contribution in [3.63, 3.8) is 0 Å². The molecule has 1 saturated heterocycles. The predicted octanol–water partition coefficient (Wildman–Crippen LogP) is 1.81. The number of alkyl halides is 2. The normalized spacial score (nSPS) is 20.2. The Kier molecular flexibility index (Phi) is 6.74. The van der Waals surface area contributed by atoms with E-state index in [0.29, 0.717) is 25.1 Å². The van der Waals surface area contributed by atoms with Crippen molar-refractivity contribution in [1.82, 2.24) is 5.32 Å². The number of nitrogens with one attached hydrogen (secondary N) is 1. The number of halogens is 2. The Labute approximate surface area is 139 Å². The van der Waals surface area contributed by atoms with Crippen LogP contribution in [0.2, 0.25) is 0 Å². The van der Waals surface area contributed by atoms with Gasteiger partial charge in [0.15, 0.2) is 11.5 Å². The first-order valence-corrected chi connectivity index (χ1v) is 7.87. The molecular weight excluding hydrogens is 322 g/mol. The zero-order valence-corrected chi connectivity index (χ0v) is 13.5. The van der Waals surface area contributed by atoms with Crippen LogP contribution in [0, 0.1) is 0 Å². The van der Waals surface area contributed by atoms with Gasteiger partial charge in [0.25, 0.3) is 0 Å². The lowest BCUT2D eigenvalue weighted by Crippen LogP contribution is -2.35. The first kappa shape index (κ1) is 18.4. The predicted molar refractivity (Wildman–Crippen MR) is 83.0 cm³/mol. The minimum absolute atomic E-state index is 0.0353. The fourth-order valence-corrected chi connectivity index (χ4v) is 2.50. The summed E-state index contributed by atoms with van der Waals surface area (Å²) in [6, 6.07) is 4.56. The number of rotatable bonds is 8. The molecule has 134 valence electrons. The Hall–Kier alpha value is -1.93. The van der Waals surface area contributed by atoms with E-state index in [0.717, 1.165) is 6.42 Å². The molecule has 1 heterocycles. The third-order valence-corrected chi connectivity index (χ3v) is 3.65. The number of amides is 1. The Morgan fingerprint density at radius 2 is 2.21 bits per heavy atom. The number of hydrogen-bond acceptors (Lipinski definition) is 5. The molecular formula is C16H22F2N2O4. The van der Waals surface area contributed by atoms with Crippen LogP contribution in [-0.4, -0.2) is 37.9 Å². The van der Waals surface area contributed by atoms with Crippen LogP contribution < -0.4 is 20.5 Å². The molecule has 0 saturated carbocycles. The standard InChI is InChI=1S/C16H22F2N2O4/c1-2-22-14-7-10(3-5-12(14)24-16(17)18)9-20-15(21)13-6-4-11(8-19)23-13/h3,5,7,11,13,16H,2,4,6,8-9,19H2,1H3,(H,20,21)/t11-,13+/m1/s1. The maximum Gasteiger partial charge on any atom is 0.387 e. The van der Waals surface area contributed by atoms with Gasteiger partial charge in [0.1, 0.15) is 6.10 Å². The lowest BCUT2D eigenvalue weighted by molar-refractivity contribution is -0.132. The van der Waals surface area contributed by atoms with E-state index >= 15 is 0 Å². The third-order valence-electron chi connectivity index (χ3n) is 3.65. The maximum absolute atomic E-state index is 12.4. The van der Waals surface area contributed by atoms with Gasteiger partial charge in [-0.2, -0.15) is 8.78 Å². The van der Waals surface area contributed by atoms with Gasteiger partial charge in [-0.3, -0.25) is 4.79 Å². The average molecular weight is 344 g/mol. The second kappa shape index (κ2) is 8.79. The smallest absolute Gasteiger partial charge is 0.387 e. The summed E-state index contributed by atoms with van der Waals surface area (Å²) < 4.78 is 40.0. The van der Waals surface area contributed by atoms with Gasteiger partial charge in [0.2, 0.25) is 5.91 Å². The second-order valence-corrected chi connectivity index (χ2v) is 5.37. The number of benzene rings is 1. The fraction of sp³-hybridized carbons (Fsp3) is 0.562. The molecule has 0 aromatic heterocycles. The minimum Gasteiger partial charge on any atom is -0.490 e. The molecule has 1 amide bonds. The molecule has 1 fully saturated rings. The van der Waals surface area contributed by atoms with Crippen LogP contribution in [0.4, 0.5) is 8.78 Å². The summed E-state index contributed by atoms with van der Waals surface area (Å²) in [6.07, 6.45) is 0.837. The van der Waals surface area contributed by atoms with Crippen molar-refractivity contribution in [3.05, 3.63) is 23.8 Å². The van der Waals surface area contributed by atoms with E-state index in [1.165, 1.54) is 6.07 Å². The number of nitrogens with two attached hydrogens (primary N) is 1. The molecule has 2 rings (SSSR count). The molecule has 24 heavy (non-hydrogen) atoms. The van der Waals surface area contributed by atoms with Gasteiger partial charge >= 0.3 is 6.61 Å². The van der Waals surface area contributed by atoms with Crippen molar-refractivity contribution in [2.45, 2.75) is 45.1 Å². The molecule has 0 aliphatic carbocycles. The molecule has 1 aromatic carbocycles. The molecule has 0 spiro atoms. The first-order chi connectivity index (χ1) is 11.5. The number of carbonyl (C=O) groups excluding carboxylic acids is 1. The second-order valence-electron chi connectivity index (χ2n) is 5.37. The van der Waals surface area contributed by atoms with Crippen molar-refractivity contribution in [1.29, 1.82) is 0 Å². The van der Waals surface area contributed by atoms with E-state index in [9.17, 15) is 13.6 Å². The average Bonchev–Trinajstić information content (AvgIpc) is 3.03. The summed E-state index contributed by atoms with van der Waals surface area (Å²) in [6.45, 7) is -0.240. The maximum atomic E-state index is 12.4. The van der Waals surface area contributed by atoms with E-state index in [2.05, 4.69) is 10.1 Å². The third kappa shape index (κ3) is 5.04. The molecule has 3 N–H and O–H groups in total. The van der Waals surface area contributed by atoms with Crippen LogP contribution in [0.3, 0.4) is 0 Å². The van der Waals surface area contributed by atoms with E-state index < -0.39 is 12.7 Å². The highest BCUT2D eigenvalue weighted by Gasteiger charge is 2.29. The summed E-state index contributed by atoms with van der Waals surface area (Å²) in [5.41, 5.74) is 6.23. The molecule has 1 aliphatic heterocycles. The molecule has 1 aromatic rings. The molecule has 1 aliphatic rings. The molecule has 0 bridgehead atoms. The summed E-state index contributed by atoms with van der Waals surface area (Å²) >= 11 is 0. The van der Waals surface area contributed by atoms with Crippen molar-refractivity contribution >= 4 is 5.91 Å². The SMILES string of the molecule is CCOc1cc(CNC(=O)[C@@H]2CC[C@H](CN)O2)ccc1OC(F)F. The van der Waals surface area contributed by atoms with Crippen LogP contribution in [0.25, 0.3) is 0 Å². The molecule has 0 radical (unpaired) electrons. The highest BCUT2D eigenvalue weighted by Crippen LogP contribution is 2.30. The van der Waals surface area contributed by atoms with Crippen molar-refractivity contribution in [3.8, 4) is 11.5 Å². The fourth-order valence-electron chi connectivity index (χ4n) is 2.50. The van der Waals surface area contributed by atoms with E-state index in [-0.39, 0.29) is 30.1 Å². The number of hydrogen-bond donors (Lipinski definition) is 2. The van der Waals surface area contributed by atoms with E-state index in [4.69, 9.17) is 15.2 Å². The minimum atomic E-state index is -2.93. The Morgan fingerprint density at radius 1 is 1.42 bits per heavy atom. The van der Waals surface area contributed by atoms with Gasteiger partial charge in [-0.05, 0) is 37.5 Å². The molecule has 6 nitrogen and oxygen atoms in total. The van der Waals surface area contributed by atoms with Crippen molar-refractivity contribution in [2.75, 3.05) is 13.2 Å². The monoisotopic (exact) mass is 344 g/mol. The van der Waals surface area contributed by atoms with Crippen molar-refractivity contribution in [2.24, 2.45) is 5.73 Å². The number of carbonyl (C=O) groups is 1. The summed E-state index contributed by atoms with van der Waals surface area (Å²) in [7, 11) is 0. The largest absolute Gasteiger partial charge is 0.490 e. The first-order valence-electron chi connectivity index (χ1n) is 7.87. The zero-order chi connectivity index (χ0) is 17.5. The van der Waals surface area contributed by atoms with Crippen LogP contribution in [0.1, 0.15) is 25.3 Å². The molecule has 2 atom stereocenters. The van der Waals surface area contributed by atoms with Crippen LogP contribution >= 0.6 is 0 Å². The Morgan fingerprint density at radius 3 is 2.83 bits per heavy atom. The van der Waals surface area contributed by atoms with Gasteiger partial charge in [0.05, 0.1) is 12.7 Å². The van der Waals surface area contributed by atoms with Crippen LogP contribution in [-0.2, 0) is 16.1 Å². The highest BCUT2D eigenvalue weighted by atomic mass is 19.3. The molecule has 0 unspecified atom stereocenters. The zero-order valence-electron chi connectivity index (χ0n) is 13.5. The van der Waals surface area contributed by atoms with E-state index in [1.807, 2.05) is 0 Å². The molecule has 8 heteroatoms. The van der Waals surface area contributed by atoms with E-state index in [1.54, 1.807) is 19.1 Å². The Bertz CT molecular complexity index is 557. The summed E-state index contributed by atoms with van der Waals surface area (Å²) in [5.74, 6) is -0.0338. The number of ether oxygens (including phenoxy) is 3. The van der Waals surface area contributed by atoms with Gasteiger partial charge in [-0.1, -0.05) is 6.07 Å². The van der Waals surface area contributed by atoms with Gasteiger partial charge in [-0.15, -0.1) is 0 Å². The topological polar surface area (TPSA) is 82.8 Å². The quantitative estimate of drug-likeness (QED) is 0.751. The lowest BCUT2D eigenvalue weighted by Gasteiger charge is -2.15. The Balaban J connectivity index is 1.94. The lowest BCUT2D eigenvalue weighted by atomic mass is 10.1. The van der Waals surface area contributed by atoms with Gasteiger partial charge < -0.3 is 25.3 Å².